The number of pyridine rings is 1. The third-order valence-corrected chi connectivity index (χ3v) is 3.75. The Morgan fingerprint density at radius 3 is 3.00 bits per heavy atom. The van der Waals surface area contributed by atoms with Gasteiger partial charge in [-0.2, -0.15) is 5.10 Å². The molecule has 3 heterocycles. The third-order valence-electron chi connectivity index (χ3n) is 3.75. The second-order valence-corrected chi connectivity index (χ2v) is 5.34. The molecule has 4 aromatic rings. The molecule has 23 heavy (non-hydrogen) atoms. The molecule has 4 rings (SSSR count). The van der Waals surface area contributed by atoms with Gasteiger partial charge in [0.05, 0.1) is 18.4 Å². The molecule has 114 valence electrons. The van der Waals surface area contributed by atoms with E-state index in [1.54, 1.807) is 23.0 Å². The predicted molar refractivity (Wildman–Crippen MR) is 86.8 cm³/mol. The van der Waals surface area contributed by atoms with Gasteiger partial charge in [-0.1, -0.05) is 12.1 Å². The molecule has 0 aliphatic heterocycles. The van der Waals surface area contributed by atoms with Gasteiger partial charge in [-0.05, 0) is 25.1 Å². The van der Waals surface area contributed by atoms with Crippen molar-refractivity contribution in [3.05, 3.63) is 66.0 Å². The number of aryl methyl sites for hydroxylation is 1. The number of nitrogens with one attached hydrogen (secondary N) is 1. The van der Waals surface area contributed by atoms with Crippen LogP contribution in [0, 0.1) is 12.7 Å². The molecule has 1 aromatic carbocycles. The molecule has 0 spiro atoms. The Morgan fingerprint density at radius 1 is 1.17 bits per heavy atom. The maximum atomic E-state index is 14.0. The summed E-state index contributed by atoms with van der Waals surface area (Å²) in [5.41, 5.74) is 3.77. The van der Waals surface area contributed by atoms with Gasteiger partial charge < -0.3 is 5.32 Å². The fraction of sp³-hybridized carbons (Fsp3) is 0.118. The highest BCUT2D eigenvalue weighted by atomic mass is 19.1. The molecule has 1 N–H and O–H groups in total. The van der Waals surface area contributed by atoms with E-state index >= 15 is 0 Å². The first-order valence-corrected chi connectivity index (χ1v) is 7.30. The number of anilines is 1. The molecule has 0 fully saturated rings. The minimum absolute atomic E-state index is 0.312. The van der Waals surface area contributed by atoms with Gasteiger partial charge in [0.1, 0.15) is 11.3 Å². The van der Waals surface area contributed by atoms with Crippen molar-refractivity contribution >= 4 is 22.2 Å². The Kier molecular flexibility index (Phi) is 3.15. The molecular weight excluding hydrogens is 293 g/mol. The molecule has 0 saturated carbocycles. The Morgan fingerprint density at radius 2 is 2.09 bits per heavy atom. The first kappa shape index (κ1) is 13.6. The number of aromatic nitrogens is 4. The van der Waals surface area contributed by atoms with Gasteiger partial charge in [-0.15, -0.1) is 0 Å². The summed E-state index contributed by atoms with van der Waals surface area (Å²) in [5.74, 6) is -0.312. The van der Waals surface area contributed by atoms with Crippen LogP contribution in [-0.4, -0.2) is 19.6 Å². The SMILES string of the molecule is Cc1cc(NCc2ccnc3ccnn23)c2cccc(F)c2n1. The van der Waals surface area contributed by atoms with Crippen LogP contribution in [0.3, 0.4) is 0 Å². The van der Waals surface area contributed by atoms with Crippen LogP contribution in [0.15, 0.2) is 48.8 Å². The van der Waals surface area contributed by atoms with Crippen molar-refractivity contribution in [3.63, 3.8) is 0 Å². The normalized spacial score (nSPS) is 11.2. The monoisotopic (exact) mass is 307 g/mol. The van der Waals surface area contributed by atoms with Crippen molar-refractivity contribution in [1.29, 1.82) is 0 Å². The number of benzene rings is 1. The van der Waals surface area contributed by atoms with Crippen LogP contribution in [0.4, 0.5) is 10.1 Å². The minimum atomic E-state index is -0.312. The molecule has 0 bridgehead atoms. The largest absolute Gasteiger partial charge is 0.379 e. The number of hydrogen-bond donors (Lipinski definition) is 1. The average molecular weight is 307 g/mol. The molecule has 6 heteroatoms. The first-order chi connectivity index (χ1) is 11.2. The van der Waals surface area contributed by atoms with Crippen molar-refractivity contribution < 1.29 is 4.39 Å². The maximum absolute atomic E-state index is 14.0. The minimum Gasteiger partial charge on any atom is -0.379 e. The lowest BCUT2D eigenvalue weighted by molar-refractivity contribution is 0.636. The molecule has 0 radical (unpaired) electrons. The van der Waals surface area contributed by atoms with Crippen molar-refractivity contribution in [2.24, 2.45) is 0 Å². The first-order valence-electron chi connectivity index (χ1n) is 7.30. The second kappa shape index (κ2) is 5.31. The summed E-state index contributed by atoms with van der Waals surface area (Å²) < 4.78 is 15.7. The zero-order valence-corrected chi connectivity index (χ0v) is 12.5. The highest BCUT2D eigenvalue weighted by molar-refractivity contribution is 5.91. The Labute approximate surface area is 131 Å². The molecule has 3 aromatic heterocycles. The van der Waals surface area contributed by atoms with Gasteiger partial charge >= 0.3 is 0 Å². The molecule has 0 saturated heterocycles. The standard InChI is InChI=1S/C17H14FN5/c1-11-9-15(13-3-2-4-14(18)17(13)22-11)20-10-12-5-7-19-16-6-8-21-23(12)16/h2-9H,10H2,1H3,(H,20,22). The highest BCUT2D eigenvalue weighted by Crippen LogP contribution is 2.25. The third kappa shape index (κ3) is 2.38. The zero-order chi connectivity index (χ0) is 15.8. The maximum Gasteiger partial charge on any atom is 0.155 e. The summed E-state index contributed by atoms with van der Waals surface area (Å²) in [7, 11) is 0. The van der Waals surface area contributed by atoms with Crippen LogP contribution in [0.5, 0.6) is 0 Å². The quantitative estimate of drug-likeness (QED) is 0.631. The number of nitrogens with zero attached hydrogens (tertiary/aromatic N) is 4. The van der Waals surface area contributed by atoms with E-state index in [9.17, 15) is 4.39 Å². The van der Waals surface area contributed by atoms with Gasteiger partial charge in [0.25, 0.3) is 0 Å². The van der Waals surface area contributed by atoms with Crippen LogP contribution in [-0.2, 0) is 6.54 Å². The van der Waals surface area contributed by atoms with Crippen LogP contribution >= 0.6 is 0 Å². The molecule has 0 aliphatic carbocycles. The van der Waals surface area contributed by atoms with Gasteiger partial charge in [-0.3, -0.25) is 0 Å². The van der Waals surface area contributed by atoms with Crippen LogP contribution in [0.1, 0.15) is 11.4 Å². The smallest absolute Gasteiger partial charge is 0.155 e. The molecule has 0 atom stereocenters. The fourth-order valence-corrected chi connectivity index (χ4v) is 2.69. The lowest BCUT2D eigenvalue weighted by atomic mass is 10.1. The van der Waals surface area contributed by atoms with E-state index in [0.29, 0.717) is 12.1 Å². The summed E-state index contributed by atoms with van der Waals surface area (Å²) in [6, 6.07) is 10.7. The van der Waals surface area contributed by atoms with E-state index in [4.69, 9.17) is 0 Å². The summed E-state index contributed by atoms with van der Waals surface area (Å²) in [5, 5.41) is 8.39. The van der Waals surface area contributed by atoms with Crippen molar-refractivity contribution in [1.82, 2.24) is 19.6 Å². The van der Waals surface area contributed by atoms with E-state index < -0.39 is 0 Å². The van der Waals surface area contributed by atoms with Crippen LogP contribution < -0.4 is 5.32 Å². The molecule has 5 nitrogen and oxygen atoms in total. The predicted octanol–water partition coefficient (Wildman–Crippen LogP) is 3.34. The summed E-state index contributed by atoms with van der Waals surface area (Å²) in [6.07, 6.45) is 3.47. The van der Waals surface area contributed by atoms with Crippen molar-refractivity contribution in [3.8, 4) is 0 Å². The number of halogens is 1. The summed E-state index contributed by atoms with van der Waals surface area (Å²) in [4.78, 5) is 8.54. The van der Waals surface area contributed by atoms with Crippen molar-refractivity contribution in [2.45, 2.75) is 13.5 Å². The highest BCUT2D eigenvalue weighted by Gasteiger charge is 2.09. The van der Waals surface area contributed by atoms with E-state index in [-0.39, 0.29) is 5.82 Å². The molecule has 0 aliphatic rings. The lowest BCUT2D eigenvalue weighted by Gasteiger charge is -2.12. The molecule has 0 amide bonds. The van der Waals surface area contributed by atoms with E-state index in [1.807, 2.05) is 31.2 Å². The zero-order valence-electron chi connectivity index (χ0n) is 12.5. The molecule has 0 unspecified atom stereocenters. The van der Waals surface area contributed by atoms with E-state index in [1.165, 1.54) is 6.07 Å². The lowest BCUT2D eigenvalue weighted by Crippen LogP contribution is -2.07. The molecular formula is C17H14FN5. The van der Waals surface area contributed by atoms with Crippen LogP contribution in [0.2, 0.25) is 0 Å². The van der Waals surface area contributed by atoms with Gasteiger partial charge in [0, 0.05) is 29.0 Å². The number of para-hydroxylation sites is 1. The van der Waals surface area contributed by atoms with Gasteiger partial charge in [0.15, 0.2) is 5.65 Å². The number of fused-ring (bicyclic) bond motifs is 2. The summed E-state index contributed by atoms with van der Waals surface area (Å²) in [6.45, 7) is 2.41. The average Bonchev–Trinajstić information content (AvgIpc) is 3.03. The Bertz CT molecular complexity index is 1010. The van der Waals surface area contributed by atoms with E-state index in [0.717, 1.165) is 28.1 Å². The van der Waals surface area contributed by atoms with E-state index in [2.05, 4.69) is 20.4 Å². The Hall–Kier alpha value is -3.02. The summed E-state index contributed by atoms with van der Waals surface area (Å²) >= 11 is 0. The van der Waals surface area contributed by atoms with Gasteiger partial charge in [-0.25, -0.2) is 18.9 Å². The van der Waals surface area contributed by atoms with Gasteiger partial charge in [0.2, 0.25) is 0 Å². The Balaban J connectivity index is 1.73. The fourth-order valence-electron chi connectivity index (χ4n) is 2.69. The number of rotatable bonds is 3. The second-order valence-electron chi connectivity index (χ2n) is 5.34. The van der Waals surface area contributed by atoms with Crippen LogP contribution in [0.25, 0.3) is 16.6 Å². The number of hydrogen-bond acceptors (Lipinski definition) is 4. The van der Waals surface area contributed by atoms with Crippen molar-refractivity contribution in [2.75, 3.05) is 5.32 Å². The topological polar surface area (TPSA) is 55.1 Å².